The van der Waals surface area contributed by atoms with E-state index in [9.17, 15) is 0 Å². The second-order valence-electron chi connectivity index (χ2n) is 16.9. The van der Waals surface area contributed by atoms with Crippen LogP contribution in [0.5, 0.6) is 0 Å². The topological polar surface area (TPSA) is 85.3 Å². The first-order valence-corrected chi connectivity index (χ1v) is 22.8. The molecular weight excluding hydrogens is 833 g/mol. The number of aliphatic imine (C=N–C) groups is 2. The van der Waals surface area contributed by atoms with Crippen LogP contribution in [-0.4, -0.2) is 35.8 Å². The van der Waals surface area contributed by atoms with E-state index in [2.05, 4.69) is 178 Å². The number of fused-ring (bicyclic) bond motifs is 7. The van der Waals surface area contributed by atoms with Crippen molar-refractivity contribution in [2.24, 2.45) is 9.98 Å². The van der Waals surface area contributed by atoms with Crippen molar-refractivity contribution in [1.82, 2.24) is 29.4 Å². The molecule has 1 atom stereocenters. The first-order chi connectivity index (χ1) is 33.7. The molecule has 12 aromatic rings. The van der Waals surface area contributed by atoms with Gasteiger partial charge in [0, 0.05) is 49.5 Å². The average molecular weight is 873 g/mol. The Hall–Kier alpha value is -9.27. The van der Waals surface area contributed by atoms with E-state index in [0.29, 0.717) is 23.4 Å². The zero-order valence-corrected chi connectivity index (χ0v) is 36.6. The molecule has 320 valence electrons. The Morgan fingerprint density at radius 2 is 0.882 bits per heavy atom. The van der Waals surface area contributed by atoms with Gasteiger partial charge in [0.2, 0.25) is 5.95 Å². The summed E-state index contributed by atoms with van der Waals surface area (Å²) in [5, 5.41) is 8.16. The second kappa shape index (κ2) is 16.3. The summed E-state index contributed by atoms with van der Waals surface area (Å²) < 4.78 is 4.65. The number of hydrogen-bond acceptors (Lipinski definition) is 6. The van der Waals surface area contributed by atoms with Crippen LogP contribution >= 0.6 is 0 Å². The molecule has 0 fully saturated rings. The van der Waals surface area contributed by atoms with Crippen LogP contribution in [0.4, 0.5) is 0 Å². The monoisotopic (exact) mass is 872 g/mol. The molecular formula is C60H40N8. The lowest BCUT2D eigenvalue weighted by Crippen LogP contribution is -2.33. The lowest BCUT2D eigenvalue weighted by Gasteiger charge is -2.24. The zero-order valence-electron chi connectivity index (χ0n) is 36.6. The van der Waals surface area contributed by atoms with E-state index >= 15 is 0 Å². The summed E-state index contributed by atoms with van der Waals surface area (Å²) in [5.74, 6) is 3.06. The van der Waals surface area contributed by atoms with Gasteiger partial charge in [-0.05, 0) is 47.0 Å². The van der Waals surface area contributed by atoms with Gasteiger partial charge in [0.25, 0.3) is 0 Å². The molecule has 0 saturated heterocycles. The zero-order chi connectivity index (χ0) is 45.0. The molecule has 1 aliphatic rings. The Kier molecular flexibility index (Phi) is 9.38. The number of rotatable bonds is 8. The van der Waals surface area contributed by atoms with E-state index in [0.717, 1.165) is 88.7 Å². The Morgan fingerprint density at radius 1 is 0.368 bits per heavy atom. The molecule has 1 aliphatic heterocycles. The molecule has 0 aliphatic carbocycles. The van der Waals surface area contributed by atoms with E-state index in [4.69, 9.17) is 24.9 Å². The first kappa shape index (κ1) is 39.1. The Morgan fingerprint density at radius 3 is 1.56 bits per heavy atom. The third-order valence-corrected chi connectivity index (χ3v) is 12.8. The molecule has 0 saturated carbocycles. The molecule has 0 bridgehead atoms. The highest BCUT2D eigenvalue weighted by molar-refractivity contribution is 6.23. The molecule has 1 unspecified atom stereocenters. The van der Waals surface area contributed by atoms with Crippen LogP contribution in [0.25, 0.3) is 89.2 Å². The Balaban J connectivity index is 1.04. The van der Waals surface area contributed by atoms with Crippen molar-refractivity contribution in [3.05, 3.63) is 247 Å². The molecule has 68 heavy (non-hydrogen) atoms. The number of amidine groups is 2. The minimum Gasteiger partial charge on any atom is -0.344 e. The van der Waals surface area contributed by atoms with Crippen molar-refractivity contribution in [1.29, 1.82) is 0 Å². The van der Waals surface area contributed by atoms with Gasteiger partial charge in [-0.25, -0.2) is 15.0 Å². The number of nitrogens with zero attached hydrogens (tertiary/aromatic N) is 7. The fourth-order valence-electron chi connectivity index (χ4n) is 9.67. The van der Waals surface area contributed by atoms with Crippen LogP contribution in [0.1, 0.15) is 22.9 Å². The van der Waals surface area contributed by atoms with Crippen LogP contribution in [0.15, 0.2) is 241 Å². The largest absolute Gasteiger partial charge is 0.344 e. The number of para-hydroxylation sites is 2. The van der Waals surface area contributed by atoms with Gasteiger partial charge in [-0.1, -0.05) is 200 Å². The minimum atomic E-state index is -0.430. The van der Waals surface area contributed by atoms with Gasteiger partial charge in [0.05, 0.1) is 22.1 Å². The molecule has 0 amide bonds. The summed E-state index contributed by atoms with van der Waals surface area (Å²) in [6.07, 6.45) is -0.430. The standard InChI is InChI=1S/C60H40N8/c1-5-19-39(20-6-1)43-27-18-30-46(38-43)67-51-33-15-13-31-47(51)49-35-36-50-48-32-14-16-34-52(48)68(54(50)53(49)67)60-65-57(42-25-11-4-12-26-42)64-59(66-60)45-29-17-28-44(37-45)58-62-55(40-21-7-2-8-22-40)61-56(63-58)41-23-9-3-10-24-41/h1-38,58H,(H,61,62,63). The third kappa shape index (κ3) is 6.74. The molecule has 8 heteroatoms. The Labute approximate surface area is 391 Å². The molecule has 0 spiro atoms. The fourth-order valence-corrected chi connectivity index (χ4v) is 9.67. The van der Waals surface area contributed by atoms with Crippen molar-refractivity contribution in [3.63, 3.8) is 0 Å². The summed E-state index contributed by atoms with van der Waals surface area (Å²) in [6.45, 7) is 0. The first-order valence-electron chi connectivity index (χ1n) is 22.8. The normalized spacial score (nSPS) is 13.7. The van der Waals surface area contributed by atoms with E-state index in [1.807, 2.05) is 66.7 Å². The predicted molar refractivity (Wildman–Crippen MR) is 277 cm³/mol. The van der Waals surface area contributed by atoms with Gasteiger partial charge < -0.3 is 9.88 Å². The molecule has 0 radical (unpaired) electrons. The average Bonchev–Trinajstić information content (AvgIpc) is 3.95. The number of benzene rings is 9. The Bertz CT molecular complexity index is 3930. The maximum Gasteiger partial charge on any atom is 0.238 e. The highest BCUT2D eigenvalue weighted by Crippen LogP contribution is 2.42. The summed E-state index contributed by atoms with van der Waals surface area (Å²) in [5.41, 5.74) is 12.2. The molecule has 8 nitrogen and oxygen atoms in total. The summed E-state index contributed by atoms with van der Waals surface area (Å²) >= 11 is 0. The number of hydrogen-bond donors (Lipinski definition) is 1. The molecule has 13 rings (SSSR count). The van der Waals surface area contributed by atoms with Crippen molar-refractivity contribution < 1.29 is 0 Å². The number of aromatic nitrogens is 5. The summed E-state index contributed by atoms with van der Waals surface area (Å²) in [6, 6.07) is 80.0. The van der Waals surface area contributed by atoms with Gasteiger partial charge in [-0.2, -0.15) is 9.97 Å². The van der Waals surface area contributed by atoms with Gasteiger partial charge in [0.15, 0.2) is 17.5 Å². The van der Waals surface area contributed by atoms with Gasteiger partial charge in [-0.15, -0.1) is 0 Å². The summed E-state index contributed by atoms with van der Waals surface area (Å²) in [7, 11) is 0. The van der Waals surface area contributed by atoms with E-state index in [1.165, 1.54) is 5.39 Å². The molecule has 4 heterocycles. The smallest absolute Gasteiger partial charge is 0.238 e. The van der Waals surface area contributed by atoms with Crippen LogP contribution in [0, 0.1) is 0 Å². The van der Waals surface area contributed by atoms with Gasteiger partial charge in [0.1, 0.15) is 12.0 Å². The highest BCUT2D eigenvalue weighted by Gasteiger charge is 2.25. The van der Waals surface area contributed by atoms with Crippen LogP contribution in [0.2, 0.25) is 0 Å². The molecule has 9 aromatic carbocycles. The van der Waals surface area contributed by atoms with Crippen LogP contribution < -0.4 is 5.32 Å². The van der Waals surface area contributed by atoms with Crippen molar-refractivity contribution >= 4 is 55.3 Å². The van der Waals surface area contributed by atoms with Crippen molar-refractivity contribution in [2.75, 3.05) is 0 Å². The molecule has 1 N–H and O–H groups in total. The quantitative estimate of drug-likeness (QED) is 0.165. The maximum atomic E-state index is 5.45. The highest BCUT2D eigenvalue weighted by atomic mass is 15.2. The van der Waals surface area contributed by atoms with Crippen LogP contribution in [0.3, 0.4) is 0 Å². The molecule has 3 aromatic heterocycles. The van der Waals surface area contributed by atoms with Crippen molar-refractivity contribution in [3.8, 4) is 45.5 Å². The fraction of sp³-hybridized carbons (Fsp3) is 0.0167. The van der Waals surface area contributed by atoms with E-state index < -0.39 is 6.17 Å². The van der Waals surface area contributed by atoms with E-state index in [1.54, 1.807) is 0 Å². The second-order valence-corrected chi connectivity index (χ2v) is 16.9. The lowest BCUT2D eigenvalue weighted by molar-refractivity contribution is 0.674. The SMILES string of the molecule is c1ccc(C2=NC(c3cccc(-c4nc(-c5ccccc5)nc(-n5c6ccccc6c6ccc7c8ccccc8n(-c8cccc(-c9ccccc9)c8)c7c65)n4)c3)NC(c3ccccc3)=N2)cc1. The van der Waals surface area contributed by atoms with Crippen molar-refractivity contribution in [2.45, 2.75) is 6.17 Å². The summed E-state index contributed by atoms with van der Waals surface area (Å²) in [4.78, 5) is 26.3. The maximum absolute atomic E-state index is 5.45. The lowest BCUT2D eigenvalue weighted by atomic mass is 10.1. The van der Waals surface area contributed by atoms with Gasteiger partial charge >= 0.3 is 0 Å². The number of nitrogens with one attached hydrogen (secondary N) is 1. The van der Waals surface area contributed by atoms with Gasteiger partial charge in [-0.3, -0.25) is 4.57 Å². The predicted octanol–water partition coefficient (Wildman–Crippen LogP) is 13.6. The minimum absolute atomic E-state index is 0.430. The van der Waals surface area contributed by atoms with E-state index in [-0.39, 0.29) is 0 Å². The third-order valence-electron chi connectivity index (χ3n) is 12.8. The van der Waals surface area contributed by atoms with Crippen LogP contribution in [-0.2, 0) is 0 Å².